The maximum absolute atomic E-state index is 12.6. The van der Waals surface area contributed by atoms with E-state index in [1.54, 1.807) is 0 Å². The van der Waals surface area contributed by atoms with E-state index in [2.05, 4.69) is 0 Å². The molecule has 0 aromatic carbocycles. The molecule has 0 spiro atoms. The Balaban J connectivity index is -0.00000180. The maximum atomic E-state index is 12.6. The molecule has 0 aliphatic rings. The van der Waals surface area contributed by atoms with Gasteiger partial charge in [0, 0.05) is 0 Å². The third kappa shape index (κ3) is 3.75. The number of hydrogen-bond donors (Lipinski definition) is 2. The Morgan fingerprint density at radius 1 is 0.545 bits per heavy atom. The Morgan fingerprint density at radius 2 is 0.682 bits per heavy atom. The molecule has 18 heteroatoms. The van der Waals surface area contributed by atoms with Gasteiger partial charge in [-0.2, -0.15) is 52.0 Å². The van der Waals surface area contributed by atoms with E-state index in [0.717, 1.165) is 0 Å². The monoisotopic (exact) mass is 378 g/mol. The van der Waals surface area contributed by atoms with Crippen molar-refractivity contribution in [2.24, 2.45) is 0 Å². The van der Waals surface area contributed by atoms with Gasteiger partial charge in [0.2, 0.25) is 0 Å². The van der Waals surface area contributed by atoms with E-state index >= 15 is 0 Å². The average molecular weight is 378 g/mol. The molecule has 0 heterocycles. The fourth-order valence-corrected chi connectivity index (χ4v) is 1.59. The van der Waals surface area contributed by atoms with Crippen molar-refractivity contribution in [3.63, 3.8) is 0 Å². The number of hydrogen-bond acceptors (Lipinski definition) is 4. The van der Waals surface area contributed by atoms with Gasteiger partial charge in [0.15, 0.2) is 0 Å². The first-order valence-corrected chi connectivity index (χ1v) is 6.58. The van der Waals surface area contributed by atoms with E-state index in [1.165, 1.54) is 0 Å². The van der Waals surface area contributed by atoms with Crippen LogP contribution in [0.25, 0.3) is 0 Å². The summed E-state index contributed by atoms with van der Waals surface area (Å²) in [6.45, 7) is 0. The SMILES string of the molecule is O=S(=O)(O)C(F)(F)C(F)(F)C(F)(F)C(F)(F)S(=O)(=O)O.[LiH].[LiH]. The first-order chi connectivity index (χ1) is 8.25. The Kier molecular flexibility index (Phi) is 8.38. The predicted octanol–water partition coefficient (Wildman–Crippen LogP) is -0.0788. The molecule has 0 bridgehead atoms. The molecule has 22 heavy (non-hydrogen) atoms. The third-order valence-electron chi connectivity index (χ3n) is 1.77. The summed E-state index contributed by atoms with van der Waals surface area (Å²) in [6.07, 6.45) is 0. The molecule has 0 aliphatic carbocycles. The van der Waals surface area contributed by atoms with E-state index in [4.69, 9.17) is 9.11 Å². The zero-order valence-electron chi connectivity index (χ0n) is 8.37. The van der Waals surface area contributed by atoms with E-state index in [-0.39, 0.29) is 37.7 Å². The predicted molar refractivity (Wildman–Crippen MR) is 57.2 cm³/mol. The summed E-state index contributed by atoms with van der Waals surface area (Å²) in [5, 5.41) is -14.3. The fourth-order valence-electron chi connectivity index (χ4n) is 0.690. The van der Waals surface area contributed by atoms with Crippen LogP contribution in [0.2, 0.25) is 0 Å². The summed E-state index contributed by atoms with van der Waals surface area (Å²) in [4.78, 5) is 0. The molecule has 0 saturated heterocycles. The molecule has 0 amide bonds. The zero-order chi connectivity index (χ0) is 17.0. The number of alkyl halides is 8. The Bertz CT molecular complexity index is 546. The van der Waals surface area contributed by atoms with Crippen LogP contribution in [0.5, 0.6) is 0 Å². The van der Waals surface area contributed by atoms with Crippen LogP contribution in [-0.2, 0) is 20.2 Å². The van der Waals surface area contributed by atoms with E-state index < -0.39 is 42.6 Å². The van der Waals surface area contributed by atoms with Crippen molar-refractivity contribution in [2.45, 2.75) is 22.4 Å². The molecular weight excluding hydrogens is 374 g/mol. The van der Waals surface area contributed by atoms with Gasteiger partial charge in [-0.25, -0.2) is 0 Å². The summed E-state index contributed by atoms with van der Waals surface area (Å²) in [6, 6.07) is 0. The van der Waals surface area contributed by atoms with E-state index in [1.807, 2.05) is 0 Å². The van der Waals surface area contributed by atoms with E-state index in [0.29, 0.717) is 0 Å². The first kappa shape index (κ1) is 27.3. The second-order valence-corrected chi connectivity index (χ2v) is 6.06. The van der Waals surface area contributed by atoms with Gasteiger partial charge in [-0.15, -0.1) is 0 Å². The fraction of sp³-hybridized carbons (Fsp3) is 1.00. The minimum atomic E-state index is -7.58. The van der Waals surface area contributed by atoms with Crippen molar-refractivity contribution < 1.29 is 61.1 Å². The topological polar surface area (TPSA) is 109 Å². The van der Waals surface area contributed by atoms with Gasteiger partial charge in [0.25, 0.3) is 0 Å². The Hall–Kier alpha value is 0.455. The zero-order valence-corrected chi connectivity index (χ0v) is 10.0. The molecule has 0 atom stereocenters. The Morgan fingerprint density at radius 3 is 0.773 bits per heavy atom. The molecule has 0 aliphatic heterocycles. The molecule has 0 rings (SSSR count). The van der Waals surface area contributed by atoms with Crippen LogP contribution in [-0.4, -0.2) is 86.0 Å². The van der Waals surface area contributed by atoms with Crippen molar-refractivity contribution in [3.8, 4) is 0 Å². The van der Waals surface area contributed by atoms with Gasteiger partial charge < -0.3 is 0 Å². The minimum absolute atomic E-state index is 0. The van der Waals surface area contributed by atoms with Crippen LogP contribution >= 0.6 is 0 Å². The second-order valence-electron chi connectivity index (χ2n) is 3.13. The van der Waals surface area contributed by atoms with Gasteiger partial charge in [0.1, 0.15) is 0 Å². The Labute approximate surface area is 141 Å². The van der Waals surface area contributed by atoms with Crippen molar-refractivity contribution >= 4 is 58.0 Å². The van der Waals surface area contributed by atoms with Crippen LogP contribution in [0.15, 0.2) is 0 Å². The van der Waals surface area contributed by atoms with Gasteiger partial charge in [-0.1, -0.05) is 0 Å². The van der Waals surface area contributed by atoms with Crippen LogP contribution < -0.4 is 0 Å². The molecule has 0 unspecified atom stereocenters. The molecule has 0 aromatic heterocycles. The molecule has 126 valence electrons. The summed E-state index contributed by atoms with van der Waals surface area (Å²) in [7, 11) is -14.6. The van der Waals surface area contributed by atoms with E-state index in [9.17, 15) is 52.0 Å². The normalized spacial score (nSPS) is 14.8. The molecule has 0 aromatic rings. The summed E-state index contributed by atoms with van der Waals surface area (Å²) < 4.78 is 155. The quantitative estimate of drug-likeness (QED) is 0.394. The molecule has 0 radical (unpaired) electrons. The average Bonchev–Trinajstić information content (AvgIpc) is 2.12. The van der Waals surface area contributed by atoms with Crippen LogP contribution in [0.1, 0.15) is 0 Å². The number of halogens is 8. The van der Waals surface area contributed by atoms with Crippen LogP contribution in [0.3, 0.4) is 0 Å². The molecule has 0 saturated carbocycles. The second kappa shape index (κ2) is 6.75. The number of rotatable bonds is 5. The van der Waals surface area contributed by atoms with Gasteiger partial charge in [0.05, 0.1) is 0 Å². The molecule has 6 nitrogen and oxygen atoms in total. The van der Waals surface area contributed by atoms with Crippen molar-refractivity contribution in [2.75, 3.05) is 0 Å². The summed E-state index contributed by atoms with van der Waals surface area (Å²) >= 11 is 0. The first-order valence-electron chi connectivity index (χ1n) is 3.70. The van der Waals surface area contributed by atoms with Crippen molar-refractivity contribution in [1.82, 2.24) is 0 Å². The third-order valence-corrected chi connectivity index (χ3v) is 3.58. The molecular formula is C4H4F8Li2O6S2. The van der Waals surface area contributed by atoms with Crippen molar-refractivity contribution in [1.29, 1.82) is 0 Å². The van der Waals surface area contributed by atoms with Crippen LogP contribution in [0, 0.1) is 0 Å². The van der Waals surface area contributed by atoms with Gasteiger partial charge in [-0.3, -0.25) is 9.11 Å². The summed E-state index contributed by atoms with van der Waals surface area (Å²) in [5.41, 5.74) is 0. The molecule has 0 fully saturated rings. The standard InChI is InChI=1S/C4H2F8O6S2.2Li.2H/c5-1(6,3(9,10)19(13,14)15)2(7,8)4(11,12)20(16,17)18;;;;/h(H,13,14,15)(H,16,17,18);;;;. The van der Waals surface area contributed by atoms with Gasteiger partial charge >= 0.3 is 80.3 Å². The summed E-state index contributed by atoms with van der Waals surface area (Å²) in [5.74, 6) is -15.2. The van der Waals surface area contributed by atoms with Crippen molar-refractivity contribution in [3.05, 3.63) is 0 Å². The molecule has 2 N–H and O–H groups in total. The van der Waals surface area contributed by atoms with Gasteiger partial charge in [-0.05, 0) is 0 Å². The van der Waals surface area contributed by atoms with Crippen LogP contribution in [0.4, 0.5) is 35.1 Å².